The van der Waals surface area contributed by atoms with Crippen molar-refractivity contribution in [2.75, 3.05) is 19.7 Å². The number of thiophene rings is 1. The van der Waals surface area contributed by atoms with Gasteiger partial charge < -0.3 is 15.4 Å². The monoisotopic (exact) mass is 274 g/mol. The maximum absolute atomic E-state index is 11.5. The summed E-state index contributed by atoms with van der Waals surface area (Å²) in [7, 11) is 0. The van der Waals surface area contributed by atoms with E-state index in [1.54, 1.807) is 0 Å². The van der Waals surface area contributed by atoms with Crippen molar-refractivity contribution in [1.82, 2.24) is 10.6 Å². The molecule has 1 saturated heterocycles. The van der Waals surface area contributed by atoms with E-state index in [0.29, 0.717) is 6.54 Å². The third kappa shape index (κ3) is 3.67. The standard InChI is InChI=1S/C11H15ClN2O2S/c1-11(6-13-7-11)16-5-10(15)14-4-8-2-3-9(12)17-8/h2-3,13H,4-7H2,1H3,(H,14,15). The average Bonchev–Trinajstić information content (AvgIpc) is 2.67. The van der Waals surface area contributed by atoms with E-state index in [2.05, 4.69) is 10.6 Å². The van der Waals surface area contributed by atoms with Gasteiger partial charge in [0.15, 0.2) is 0 Å². The second kappa shape index (κ2) is 5.35. The lowest BCUT2D eigenvalue weighted by Gasteiger charge is -2.38. The first-order valence-electron chi connectivity index (χ1n) is 5.43. The summed E-state index contributed by atoms with van der Waals surface area (Å²) >= 11 is 7.27. The molecule has 1 fully saturated rings. The summed E-state index contributed by atoms with van der Waals surface area (Å²) in [6.45, 7) is 4.23. The molecule has 0 bridgehead atoms. The van der Waals surface area contributed by atoms with Crippen LogP contribution in [0.5, 0.6) is 0 Å². The van der Waals surface area contributed by atoms with Gasteiger partial charge in [-0.15, -0.1) is 11.3 Å². The lowest BCUT2D eigenvalue weighted by atomic mass is 10.0. The van der Waals surface area contributed by atoms with Crippen LogP contribution in [0, 0.1) is 0 Å². The molecule has 0 radical (unpaired) electrons. The molecular formula is C11H15ClN2O2S. The van der Waals surface area contributed by atoms with Crippen molar-refractivity contribution in [3.63, 3.8) is 0 Å². The summed E-state index contributed by atoms with van der Waals surface area (Å²) < 4.78 is 6.26. The molecule has 0 unspecified atom stereocenters. The highest BCUT2D eigenvalue weighted by Crippen LogP contribution is 2.21. The van der Waals surface area contributed by atoms with Gasteiger partial charge in [-0.05, 0) is 19.1 Å². The lowest BCUT2D eigenvalue weighted by Crippen LogP contribution is -2.59. The molecule has 0 saturated carbocycles. The highest BCUT2D eigenvalue weighted by atomic mass is 35.5. The van der Waals surface area contributed by atoms with E-state index < -0.39 is 0 Å². The predicted octanol–water partition coefficient (Wildman–Crippen LogP) is 1.40. The quantitative estimate of drug-likeness (QED) is 0.853. The molecule has 1 aliphatic heterocycles. The van der Waals surface area contributed by atoms with Crippen molar-refractivity contribution in [3.8, 4) is 0 Å². The fourth-order valence-electron chi connectivity index (χ4n) is 1.50. The summed E-state index contributed by atoms with van der Waals surface area (Å²) in [5.74, 6) is -0.0948. The van der Waals surface area contributed by atoms with E-state index in [0.717, 1.165) is 22.3 Å². The molecule has 0 aromatic carbocycles. The number of amides is 1. The van der Waals surface area contributed by atoms with Crippen LogP contribution in [0.4, 0.5) is 0 Å². The van der Waals surface area contributed by atoms with Gasteiger partial charge in [0.25, 0.3) is 0 Å². The minimum absolute atomic E-state index is 0.0948. The minimum atomic E-state index is -0.177. The Labute approximate surface area is 109 Å². The molecule has 94 valence electrons. The van der Waals surface area contributed by atoms with Crippen molar-refractivity contribution in [2.45, 2.75) is 19.1 Å². The number of nitrogens with one attached hydrogen (secondary N) is 2. The number of rotatable bonds is 5. The maximum Gasteiger partial charge on any atom is 0.246 e. The van der Waals surface area contributed by atoms with Crippen LogP contribution in [-0.2, 0) is 16.1 Å². The smallest absolute Gasteiger partial charge is 0.246 e. The first-order chi connectivity index (χ1) is 8.07. The van der Waals surface area contributed by atoms with Crippen LogP contribution in [0.3, 0.4) is 0 Å². The Morgan fingerprint density at radius 3 is 2.94 bits per heavy atom. The molecule has 2 rings (SSSR count). The van der Waals surface area contributed by atoms with Gasteiger partial charge in [0.05, 0.1) is 16.5 Å². The van der Waals surface area contributed by atoms with Gasteiger partial charge in [-0.3, -0.25) is 4.79 Å². The van der Waals surface area contributed by atoms with Gasteiger partial charge in [-0.25, -0.2) is 0 Å². The number of carbonyl (C=O) groups is 1. The van der Waals surface area contributed by atoms with E-state index in [4.69, 9.17) is 16.3 Å². The largest absolute Gasteiger partial charge is 0.363 e. The summed E-state index contributed by atoms with van der Waals surface area (Å²) in [4.78, 5) is 12.6. The molecule has 2 N–H and O–H groups in total. The number of halogens is 1. The fraction of sp³-hybridized carbons (Fsp3) is 0.545. The van der Waals surface area contributed by atoms with Gasteiger partial charge in [0.2, 0.25) is 5.91 Å². The molecule has 4 nitrogen and oxygen atoms in total. The predicted molar refractivity (Wildman–Crippen MR) is 68.4 cm³/mol. The Kier molecular flexibility index (Phi) is 4.04. The Morgan fingerprint density at radius 1 is 1.65 bits per heavy atom. The van der Waals surface area contributed by atoms with E-state index in [-0.39, 0.29) is 18.1 Å². The second-order valence-corrected chi connectivity index (χ2v) is 6.12. The van der Waals surface area contributed by atoms with Crippen molar-refractivity contribution in [1.29, 1.82) is 0 Å². The first-order valence-corrected chi connectivity index (χ1v) is 6.62. The molecule has 0 atom stereocenters. The molecule has 6 heteroatoms. The highest BCUT2D eigenvalue weighted by molar-refractivity contribution is 7.16. The van der Waals surface area contributed by atoms with E-state index >= 15 is 0 Å². The van der Waals surface area contributed by atoms with Crippen LogP contribution in [0.1, 0.15) is 11.8 Å². The normalized spacial score (nSPS) is 17.5. The molecule has 0 spiro atoms. The number of hydrogen-bond donors (Lipinski definition) is 2. The second-order valence-electron chi connectivity index (χ2n) is 4.32. The van der Waals surface area contributed by atoms with Crippen molar-refractivity contribution in [2.24, 2.45) is 0 Å². The van der Waals surface area contributed by atoms with Crippen LogP contribution in [0.2, 0.25) is 4.34 Å². The Bertz CT molecular complexity index is 404. The highest BCUT2D eigenvalue weighted by Gasteiger charge is 2.32. The van der Waals surface area contributed by atoms with Crippen molar-refractivity contribution in [3.05, 3.63) is 21.3 Å². The van der Waals surface area contributed by atoms with Crippen LogP contribution in [-0.4, -0.2) is 31.2 Å². The summed E-state index contributed by atoms with van der Waals surface area (Å²) in [6, 6.07) is 3.73. The zero-order valence-electron chi connectivity index (χ0n) is 9.59. The summed E-state index contributed by atoms with van der Waals surface area (Å²) in [6.07, 6.45) is 0. The van der Waals surface area contributed by atoms with Crippen LogP contribution < -0.4 is 10.6 Å². The Morgan fingerprint density at radius 2 is 2.41 bits per heavy atom. The number of ether oxygens (including phenoxy) is 1. The lowest BCUT2D eigenvalue weighted by molar-refractivity contribution is -0.135. The third-order valence-corrected chi connectivity index (χ3v) is 3.87. The van der Waals surface area contributed by atoms with Crippen molar-refractivity contribution < 1.29 is 9.53 Å². The molecule has 1 amide bonds. The molecule has 0 aliphatic carbocycles. The van der Waals surface area contributed by atoms with E-state index in [1.165, 1.54) is 11.3 Å². The number of carbonyl (C=O) groups excluding carboxylic acids is 1. The zero-order valence-corrected chi connectivity index (χ0v) is 11.2. The van der Waals surface area contributed by atoms with Gasteiger partial charge in [0, 0.05) is 18.0 Å². The van der Waals surface area contributed by atoms with Crippen LogP contribution >= 0.6 is 22.9 Å². The van der Waals surface area contributed by atoms with E-state index in [9.17, 15) is 4.79 Å². The Balaban J connectivity index is 1.67. The first kappa shape index (κ1) is 12.8. The Hall–Kier alpha value is -0.620. The zero-order chi connectivity index (χ0) is 12.3. The molecular weight excluding hydrogens is 260 g/mol. The molecule has 1 aromatic rings. The van der Waals surface area contributed by atoms with Crippen molar-refractivity contribution >= 4 is 28.8 Å². The van der Waals surface area contributed by atoms with Gasteiger partial charge in [-0.1, -0.05) is 11.6 Å². The average molecular weight is 275 g/mol. The topological polar surface area (TPSA) is 50.4 Å². The third-order valence-electron chi connectivity index (χ3n) is 2.64. The fourth-order valence-corrected chi connectivity index (χ4v) is 2.53. The molecule has 2 heterocycles. The molecule has 17 heavy (non-hydrogen) atoms. The van der Waals surface area contributed by atoms with Crippen LogP contribution in [0.25, 0.3) is 0 Å². The van der Waals surface area contributed by atoms with Gasteiger partial charge in [-0.2, -0.15) is 0 Å². The van der Waals surface area contributed by atoms with E-state index in [1.807, 2.05) is 19.1 Å². The van der Waals surface area contributed by atoms with Crippen LogP contribution in [0.15, 0.2) is 12.1 Å². The maximum atomic E-state index is 11.5. The summed E-state index contributed by atoms with van der Waals surface area (Å²) in [5, 5.41) is 5.92. The molecule has 1 aromatic heterocycles. The molecule has 1 aliphatic rings. The summed E-state index contributed by atoms with van der Waals surface area (Å²) in [5.41, 5.74) is -0.177. The minimum Gasteiger partial charge on any atom is -0.363 e. The van der Waals surface area contributed by atoms with Gasteiger partial charge >= 0.3 is 0 Å². The number of hydrogen-bond acceptors (Lipinski definition) is 4. The van der Waals surface area contributed by atoms with Gasteiger partial charge in [0.1, 0.15) is 6.61 Å². The SMILES string of the molecule is CC1(OCC(=O)NCc2ccc(Cl)s2)CNC1.